The third-order valence-electron chi connectivity index (χ3n) is 2.58. The molecule has 2 N–H and O–H groups in total. The molecule has 1 amide bonds. The van der Waals surface area contributed by atoms with Gasteiger partial charge in [0.2, 0.25) is 0 Å². The Hall–Kier alpha value is -2.41. The summed E-state index contributed by atoms with van der Waals surface area (Å²) in [6.45, 7) is 0. The summed E-state index contributed by atoms with van der Waals surface area (Å²) in [5.41, 5.74) is 4.33. The lowest BCUT2D eigenvalue weighted by Crippen LogP contribution is -2.31. The molecule has 1 aromatic carbocycles. The predicted molar refractivity (Wildman–Crippen MR) is 74.1 cm³/mol. The van der Waals surface area contributed by atoms with Crippen LogP contribution in [0.25, 0.3) is 0 Å². The molecule has 0 aliphatic carbocycles. The number of carbonyl (C=O) groups is 1. The molecule has 0 saturated heterocycles. The van der Waals surface area contributed by atoms with Crippen molar-refractivity contribution in [3.8, 4) is 0 Å². The summed E-state index contributed by atoms with van der Waals surface area (Å²) in [6, 6.07) is 3.93. The fourth-order valence-electron chi connectivity index (χ4n) is 1.62. The van der Waals surface area contributed by atoms with E-state index in [4.69, 9.17) is 11.6 Å². The number of aromatic nitrogens is 1. The number of pyridine rings is 1. The number of carbonyl (C=O) groups excluding carboxylic acids is 1. The van der Waals surface area contributed by atoms with E-state index in [1.54, 1.807) is 0 Å². The number of nitrogens with zero attached hydrogens (tertiary/aromatic N) is 1. The van der Waals surface area contributed by atoms with Crippen LogP contribution in [0.1, 0.15) is 10.4 Å². The first-order valence-electron chi connectivity index (χ1n) is 5.75. The molecule has 0 atom stereocenters. The van der Waals surface area contributed by atoms with Crippen molar-refractivity contribution in [2.75, 3.05) is 5.43 Å². The Morgan fingerprint density at radius 3 is 2.38 bits per heavy atom. The average molecular weight is 314 g/mol. The third kappa shape index (κ3) is 3.57. The number of hydrazine groups is 1. The summed E-state index contributed by atoms with van der Waals surface area (Å²) >= 11 is 5.69. The van der Waals surface area contributed by atoms with E-state index in [1.807, 2.05) is 0 Å². The minimum atomic E-state index is -0.781. The second-order valence-electron chi connectivity index (χ2n) is 4.23. The second kappa shape index (κ2) is 5.92. The van der Waals surface area contributed by atoms with Crippen LogP contribution in [0.5, 0.6) is 0 Å². The van der Waals surface area contributed by atoms with Crippen molar-refractivity contribution in [2.24, 2.45) is 7.05 Å². The van der Waals surface area contributed by atoms with Crippen molar-refractivity contribution in [3.63, 3.8) is 0 Å². The monoisotopic (exact) mass is 313 g/mol. The van der Waals surface area contributed by atoms with Gasteiger partial charge in [0.05, 0.1) is 11.3 Å². The van der Waals surface area contributed by atoms with Crippen LogP contribution in [0, 0.1) is 11.6 Å². The molecule has 2 rings (SSSR count). The second-order valence-corrected chi connectivity index (χ2v) is 4.64. The number of benzene rings is 1. The quantitative estimate of drug-likeness (QED) is 0.853. The molecule has 0 radical (unpaired) electrons. The molecule has 0 aliphatic heterocycles. The number of hydrogen-bond acceptors (Lipinski definition) is 3. The summed E-state index contributed by atoms with van der Waals surface area (Å²) in [4.78, 5) is 23.3. The highest BCUT2D eigenvalue weighted by Crippen LogP contribution is 2.12. The van der Waals surface area contributed by atoms with E-state index in [0.717, 1.165) is 16.7 Å². The molecule has 1 heterocycles. The Kier molecular flexibility index (Phi) is 4.23. The number of halogens is 3. The van der Waals surface area contributed by atoms with Crippen molar-refractivity contribution >= 4 is 23.2 Å². The smallest absolute Gasteiger partial charge is 0.271 e. The van der Waals surface area contributed by atoms with Crippen molar-refractivity contribution < 1.29 is 13.6 Å². The molecule has 0 fully saturated rings. The molecule has 0 unspecified atom stereocenters. The van der Waals surface area contributed by atoms with Gasteiger partial charge in [0.25, 0.3) is 11.5 Å². The summed E-state index contributed by atoms with van der Waals surface area (Å²) < 4.78 is 27.1. The van der Waals surface area contributed by atoms with Gasteiger partial charge >= 0.3 is 0 Å². The number of rotatable bonds is 3. The van der Waals surface area contributed by atoms with Crippen molar-refractivity contribution in [1.29, 1.82) is 0 Å². The Balaban J connectivity index is 2.13. The lowest BCUT2D eigenvalue weighted by Gasteiger charge is -2.10. The van der Waals surface area contributed by atoms with Gasteiger partial charge in [-0.3, -0.25) is 20.4 Å². The number of amides is 1. The van der Waals surface area contributed by atoms with E-state index in [0.29, 0.717) is 6.07 Å². The van der Waals surface area contributed by atoms with Crippen LogP contribution in [0.3, 0.4) is 0 Å². The van der Waals surface area contributed by atoms with Gasteiger partial charge in [-0.2, -0.15) is 0 Å². The Morgan fingerprint density at radius 1 is 1.19 bits per heavy atom. The van der Waals surface area contributed by atoms with Crippen LogP contribution in [0.15, 0.2) is 35.3 Å². The summed E-state index contributed by atoms with van der Waals surface area (Å²) in [6.07, 6.45) is 1.29. The molecule has 0 aliphatic rings. The third-order valence-corrected chi connectivity index (χ3v) is 2.86. The lowest BCUT2D eigenvalue weighted by molar-refractivity contribution is 0.0962. The zero-order valence-electron chi connectivity index (χ0n) is 10.8. The largest absolute Gasteiger partial charge is 0.317 e. The van der Waals surface area contributed by atoms with Crippen molar-refractivity contribution in [1.82, 2.24) is 9.99 Å². The van der Waals surface area contributed by atoms with Gasteiger partial charge in [-0.05, 0) is 18.2 Å². The molecule has 1 aromatic heterocycles. The van der Waals surface area contributed by atoms with E-state index in [1.165, 1.54) is 19.3 Å². The molecule has 8 heteroatoms. The summed E-state index contributed by atoms with van der Waals surface area (Å²) in [7, 11) is 1.44. The van der Waals surface area contributed by atoms with Crippen LogP contribution < -0.4 is 16.4 Å². The molecule has 2 aromatic rings. The topological polar surface area (TPSA) is 63.1 Å². The Morgan fingerprint density at radius 2 is 1.81 bits per heavy atom. The molecular formula is C13H10ClF2N3O2. The van der Waals surface area contributed by atoms with Gasteiger partial charge in [-0.25, -0.2) is 8.78 Å². The fourth-order valence-corrected chi connectivity index (χ4v) is 1.87. The first kappa shape index (κ1) is 15.0. The Bertz CT molecular complexity index is 715. The van der Waals surface area contributed by atoms with Crippen LogP contribution >= 0.6 is 11.6 Å². The first-order valence-corrected chi connectivity index (χ1v) is 6.13. The zero-order chi connectivity index (χ0) is 15.6. The van der Waals surface area contributed by atoms with Crippen LogP contribution in [0.2, 0.25) is 5.02 Å². The molecule has 0 spiro atoms. The molecule has 0 bridgehead atoms. The summed E-state index contributed by atoms with van der Waals surface area (Å²) in [5.74, 6) is -2.18. The minimum absolute atomic E-state index is 0.0387. The molecular weight excluding hydrogens is 304 g/mol. The van der Waals surface area contributed by atoms with Crippen molar-refractivity contribution in [2.45, 2.75) is 0 Å². The van der Waals surface area contributed by atoms with Gasteiger partial charge < -0.3 is 4.57 Å². The highest BCUT2D eigenvalue weighted by molar-refractivity contribution is 6.30. The highest BCUT2D eigenvalue weighted by Gasteiger charge is 2.10. The average Bonchev–Trinajstić information content (AvgIpc) is 2.40. The summed E-state index contributed by atoms with van der Waals surface area (Å²) in [5, 5.41) is -0.109. The fraction of sp³-hybridized carbons (Fsp3) is 0.0769. The molecule has 110 valence electrons. The van der Waals surface area contributed by atoms with Crippen LogP contribution in [-0.4, -0.2) is 10.5 Å². The van der Waals surface area contributed by atoms with Gasteiger partial charge in [-0.15, -0.1) is 0 Å². The van der Waals surface area contributed by atoms with Gasteiger partial charge in [0.15, 0.2) is 0 Å². The van der Waals surface area contributed by atoms with Crippen LogP contribution in [-0.2, 0) is 7.05 Å². The lowest BCUT2D eigenvalue weighted by atomic mass is 10.2. The Labute approximate surface area is 123 Å². The maximum atomic E-state index is 13.0. The number of aryl methyl sites for hydroxylation is 1. The standard InChI is InChI=1S/C13H10ClF2N3O2/c1-19-6-7(2-11(14)13(19)21)12(20)18-17-10-4-8(15)3-9(16)5-10/h2-6,17H,1H3,(H,18,20). The van der Waals surface area contributed by atoms with Gasteiger partial charge in [-0.1, -0.05) is 11.6 Å². The molecule has 21 heavy (non-hydrogen) atoms. The molecule has 5 nitrogen and oxygen atoms in total. The van der Waals surface area contributed by atoms with E-state index in [-0.39, 0.29) is 16.3 Å². The van der Waals surface area contributed by atoms with E-state index >= 15 is 0 Å². The van der Waals surface area contributed by atoms with Crippen LogP contribution in [0.4, 0.5) is 14.5 Å². The van der Waals surface area contributed by atoms with E-state index in [9.17, 15) is 18.4 Å². The molecule has 0 saturated carbocycles. The van der Waals surface area contributed by atoms with Gasteiger partial charge in [0, 0.05) is 19.3 Å². The maximum Gasteiger partial charge on any atom is 0.271 e. The number of anilines is 1. The minimum Gasteiger partial charge on any atom is -0.317 e. The van der Waals surface area contributed by atoms with E-state index in [2.05, 4.69) is 10.9 Å². The predicted octanol–water partition coefficient (Wildman–Crippen LogP) is 2.07. The number of nitrogens with one attached hydrogen (secondary N) is 2. The highest BCUT2D eigenvalue weighted by atomic mass is 35.5. The van der Waals surface area contributed by atoms with E-state index < -0.39 is 23.1 Å². The SMILES string of the molecule is Cn1cc(C(=O)NNc2cc(F)cc(F)c2)cc(Cl)c1=O. The number of hydrogen-bond donors (Lipinski definition) is 2. The van der Waals surface area contributed by atoms with Gasteiger partial charge in [0.1, 0.15) is 16.7 Å². The zero-order valence-corrected chi connectivity index (χ0v) is 11.5. The van der Waals surface area contributed by atoms with Crippen molar-refractivity contribution in [3.05, 3.63) is 63.0 Å². The maximum absolute atomic E-state index is 13.0. The first-order chi connectivity index (χ1) is 9.86. The normalized spacial score (nSPS) is 10.3.